The molecule has 2 heterocycles. The van der Waals surface area contributed by atoms with Gasteiger partial charge in [-0.05, 0) is 34.7 Å². The second-order valence-electron chi connectivity index (χ2n) is 7.75. The molecule has 0 atom stereocenters. The van der Waals surface area contributed by atoms with E-state index in [-0.39, 0.29) is 12.2 Å². The zero-order valence-corrected chi connectivity index (χ0v) is 16.3. The molecule has 28 heavy (non-hydrogen) atoms. The van der Waals surface area contributed by atoms with Crippen LogP contribution in [-0.2, 0) is 12.0 Å². The second kappa shape index (κ2) is 7.38. The maximum Gasteiger partial charge on any atom is 0.231 e. The normalized spacial score (nSPS) is 12.7. The maximum atomic E-state index is 5.43. The van der Waals surface area contributed by atoms with Gasteiger partial charge in [0.15, 0.2) is 11.5 Å². The summed E-state index contributed by atoms with van der Waals surface area (Å²) in [4.78, 5) is 8.68. The first-order chi connectivity index (χ1) is 13.5. The fourth-order valence-electron chi connectivity index (χ4n) is 3.15. The Morgan fingerprint density at radius 3 is 2.57 bits per heavy atom. The molecule has 3 aromatic rings. The lowest BCUT2D eigenvalue weighted by Crippen LogP contribution is -2.13. The number of nitrogens with zero attached hydrogens (tertiary/aromatic N) is 2. The van der Waals surface area contributed by atoms with Crippen molar-refractivity contribution in [1.82, 2.24) is 9.97 Å². The van der Waals surface area contributed by atoms with Crippen LogP contribution in [0.1, 0.15) is 31.9 Å². The molecule has 2 N–H and O–H groups in total. The van der Waals surface area contributed by atoms with Crippen LogP contribution in [0.2, 0.25) is 0 Å². The molecular formula is C22H24N4O2. The summed E-state index contributed by atoms with van der Waals surface area (Å²) in [6.45, 7) is 7.51. The van der Waals surface area contributed by atoms with Crippen molar-refractivity contribution < 1.29 is 9.47 Å². The van der Waals surface area contributed by atoms with Crippen LogP contribution in [-0.4, -0.2) is 16.8 Å². The van der Waals surface area contributed by atoms with Crippen molar-refractivity contribution in [3.63, 3.8) is 0 Å². The summed E-state index contributed by atoms with van der Waals surface area (Å²) >= 11 is 0. The quantitative estimate of drug-likeness (QED) is 0.663. The molecule has 6 nitrogen and oxygen atoms in total. The van der Waals surface area contributed by atoms with Crippen molar-refractivity contribution in [2.24, 2.45) is 0 Å². The summed E-state index contributed by atoms with van der Waals surface area (Å²) < 4.78 is 10.8. The molecule has 4 rings (SSSR count). The summed E-state index contributed by atoms with van der Waals surface area (Å²) in [7, 11) is 0. The first kappa shape index (κ1) is 18.1. The number of benzene rings is 2. The van der Waals surface area contributed by atoms with Crippen molar-refractivity contribution in [3.8, 4) is 11.5 Å². The standard InChI is InChI=1S/C22H24N4O2/c1-22(2,3)16-6-4-5-7-17(16)26-21-11-20(24-13-25-21)23-12-15-8-9-18-19(10-15)28-14-27-18/h4-11,13H,12,14H2,1-3H3,(H2,23,24,25,26). The summed E-state index contributed by atoms with van der Waals surface area (Å²) in [5.74, 6) is 3.07. The number of nitrogens with one attached hydrogen (secondary N) is 2. The second-order valence-corrected chi connectivity index (χ2v) is 7.75. The van der Waals surface area contributed by atoms with E-state index >= 15 is 0 Å². The molecule has 0 amide bonds. The van der Waals surface area contributed by atoms with Gasteiger partial charge in [0.2, 0.25) is 6.79 Å². The number of hydrogen-bond acceptors (Lipinski definition) is 6. The Labute approximate surface area is 164 Å². The lowest BCUT2D eigenvalue weighted by molar-refractivity contribution is 0.174. The molecule has 6 heteroatoms. The first-order valence-corrected chi connectivity index (χ1v) is 9.30. The molecule has 144 valence electrons. The smallest absolute Gasteiger partial charge is 0.231 e. The minimum absolute atomic E-state index is 0.0387. The Bertz CT molecular complexity index is 982. The van der Waals surface area contributed by atoms with E-state index in [1.165, 1.54) is 5.56 Å². The van der Waals surface area contributed by atoms with Crippen molar-refractivity contribution in [1.29, 1.82) is 0 Å². The molecule has 0 saturated heterocycles. The van der Waals surface area contributed by atoms with Gasteiger partial charge in [-0.3, -0.25) is 0 Å². The average Bonchev–Trinajstić information content (AvgIpc) is 3.14. The van der Waals surface area contributed by atoms with E-state index in [1.807, 2.05) is 30.3 Å². The summed E-state index contributed by atoms with van der Waals surface area (Å²) in [5.41, 5.74) is 3.42. The zero-order chi connectivity index (χ0) is 19.6. The molecule has 0 radical (unpaired) electrons. The van der Waals surface area contributed by atoms with E-state index in [9.17, 15) is 0 Å². The van der Waals surface area contributed by atoms with E-state index < -0.39 is 0 Å². The summed E-state index contributed by atoms with van der Waals surface area (Å²) in [5, 5.41) is 6.76. The molecule has 1 aliphatic rings. The zero-order valence-electron chi connectivity index (χ0n) is 16.3. The predicted molar refractivity (Wildman–Crippen MR) is 110 cm³/mol. The van der Waals surface area contributed by atoms with Crippen molar-refractivity contribution in [2.45, 2.75) is 32.7 Å². The number of hydrogen-bond donors (Lipinski definition) is 2. The van der Waals surface area contributed by atoms with Crippen molar-refractivity contribution in [3.05, 3.63) is 66.0 Å². The van der Waals surface area contributed by atoms with Crippen LogP contribution < -0.4 is 20.1 Å². The Kier molecular flexibility index (Phi) is 4.77. The summed E-state index contributed by atoms with van der Waals surface area (Å²) in [6, 6.07) is 16.1. The largest absolute Gasteiger partial charge is 0.454 e. The average molecular weight is 376 g/mol. The fourth-order valence-corrected chi connectivity index (χ4v) is 3.15. The Hall–Kier alpha value is -3.28. The van der Waals surface area contributed by atoms with E-state index in [0.717, 1.165) is 34.4 Å². The first-order valence-electron chi connectivity index (χ1n) is 9.30. The van der Waals surface area contributed by atoms with Gasteiger partial charge in [-0.1, -0.05) is 45.0 Å². The molecule has 0 bridgehead atoms. The summed E-state index contributed by atoms with van der Waals surface area (Å²) in [6.07, 6.45) is 1.56. The van der Waals surface area contributed by atoms with Gasteiger partial charge in [0.1, 0.15) is 18.0 Å². The van der Waals surface area contributed by atoms with Gasteiger partial charge >= 0.3 is 0 Å². The van der Waals surface area contributed by atoms with E-state index in [4.69, 9.17) is 9.47 Å². The van der Waals surface area contributed by atoms with Crippen LogP contribution in [0.3, 0.4) is 0 Å². The third kappa shape index (κ3) is 4.01. The monoisotopic (exact) mass is 376 g/mol. The Balaban J connectivity index is 1.47. The number of anilines is 3. The lowest BCUT2D eigenvalue weighted by Gasteiger charge is -2.23. The number of rotatable bonds is 5. The van der Waals surface area contributed by atoms with Crippen LogP contribution in [0.15, 0.2) is 54.9 Å². The highest BCUT2D eigenvalue weighted by Crippen LogP contribution is 2.33. The Morgan fingerprint density at radius 1 is 0.929 bits per heavy atom. The topological polar surface area (TPSA) is 68.3 Å². The van der Waals surface area contributed by atoms with E-state index in [2.05, 4.69) is 59.6 Å². The number of para-hydroxylation sites is 1. The molecule has 0 saturated carbocycles. The number of aromatic nitrogens is 2. The van der Waals surface area contributed by atoms with Gasteiger partial charge in [0.25, 0.3) is 0 Å². The SMILES string of the molecule is CC(C)(C)c1ccccc1Nc1cc(NCc2ccc3c(c2)OCO3)ncn1. The van der Waals surface area contributed by atoms with Gasteiger partial charge in [0, 0.05) is 18.3 Å². The number of fused-ring (bicyclic) bond motifs is 1. The molecule has 0 fully saturated rings. The van der Waals surface area contributed by atoms with Crippen LogP contribution in [0.25, 0.3) is 0 Å². The van der Waals surface area contributed by atoms with Gasteiger partial charge in [0.05, 0.1) is 0 Å². The van der Waals surface area contributed by atoms with E-state index in [1.54, 1.807) is 6.33 Å². The van der Waals surface area contributed by atoms with Crippen LogP contribution in [0.5, 0.6) is 11.5 Å². The highest BCUT2D eigenvalue weighted by molar-refractivity contribution is 5.64. The third-order valence-electron chi connectivity index (χ3n) is 4.58. The maximum absolute atomic E-state index is 5.43. The highest BCUT2D eigenvalue weighted by Gasteiger charge is 2.18. The molecule has 1 aliphatic heterocycles. The lowest BCUT2D eigenvalue weighted by atomic mass is 9.86. The third-order valence-corrected chi connectivity index (χ3v) is 4.58. The van der Waals surface area contributed by atoms with Gasteiger partial charge in [-0.25, -0.2) is 9.97 Å². The molecular weight excluding hydrogens is 352 g/mol. The van der Waals surface area contributed by atoms with Crippen LogP contribution in [0.4, 0.5) is 17.3 Å². The van der Waals surface area contributed by atoms with Gasteiger partial charge in [-0.2, -0.15) is 0 Å². The molecule has 0 spiro atoms. The number of ether oxygens (including phenoxy) is 2. The van der Waals surface area contributed by atoms with Gasteiger partial charge in [-0.15, -0.1) is 0 Å². The molecule has 0 unspecified atom stereocenters. The molecule has 1 aromatic heterocycles. The molecule has 2 aromatic carbocycles. The minimum Gasteiger partial charge on any atom is -0.454 e. The minimum atomic E-state index is 0.0387. The van der Waals surface area contributed by atoms with E-state index in [0.29, 0.717) is 6.54 Å². The van der Waals surface area contributed by atoms with Gasteiger partial charge < -0.3 is 20.1 Å². The molecule has 0 aliphatic carbocycles. The predicted octanol–water partition coefficient (Wildman–Crippen LogP) is 4.86. The van der Waals surface area contributed by atoms with Crippen molar-refractivity contribution in [2.75, 3.05) is 17.4 Å². The Morgan fingerprint density at radius 2 is 1.71 bits per heavy atom. The van der Waals surface area contributed by atoms with Crippen LogP contribution in [0, 0.1) is 0 Å². The van der Waals surface area contributed by atoms with Crippen molar-refractivity contribution >= 4 is 17.3 Å². The highest BCUT2D eigenvalue weighted by atomic mass is 16.7. The fraction of sp³-hybridized carbons (Fsp3) is 0.273. The van der Waals surface area contributed by atoms with Crippen LogP contribution >= 0.6 is 0 Å².